The molecule has 5 rings (SSSR count). The first-order valence-corrected chi connectivity index (χ1v) is 13.1. The van der Waals surface area contributed by atoms with Crippen LogP contribution in [0.4, 0.5) is 24.8 Å². The van der Waals surface area contributed by atoms with Crippen LogP contribution in [0.2, 0.25) is 0 Å². The number of anilines is 2. The lowest BCUT2D eigenvalue weighted by atomic mass is 10.0. The van der Waals surface area contributed by atoms with Gasteiger partial charge in [0, 0.05) is 36.6 Å². The number of hydrogen-bond donors (Lipinski definition) is 1. The average molecular weight is 495 g/mol. The zero-order valence-corrected chi connectivity index (χ0v) is 19.5. The van der Waals surface area contributed by atoms with Crippen LogP contribution in [0.25, 0.3) is 10.6 Å². The fraction of sp³-hybridized carbons (Fsp3) is 0.364. The summed E-state index contributed by atoms with van der Waals surface area (Å²) in [6.45, 7) is 1.68. The van der Waals surface area contributed by atoms with Crippen molar-refractivity contribution in [1.29, 1.82) is 0 Å². The van der Waals surface area contributed by atoms with Crippen molar-refractivity contribution in [1.82, 2.24) is 14.9 Å². The molecular weight excluding hydrogens is 473 g/mol. The number of halogens is 3. The minimum atomic E-state index is -4.68. The van der Waals surface area contributed by atoms with Crippen molar-refractivity contribution in [2.75, 3.05) is 18.6 Å². The van der Waals surface area contributed by atoms with E-state index in [0.29, 0.717) is 5.92 Å². The van der Waals surface area contributed by atoms with Gasteiger partial charge in [0.25, 0.3) is 0 Å². The molecule has 33 heavy (non-hydrogen) atoms. The molecule has 3 aromatic rings. The minimum absolute atomic E-state index is 0.0393. The maximum atomic E-state index is 13.7. The number of aromatic nitrogens is 2. The Balaban J connectivity index is 1.56. The highest BCUT2D eigenvalue weighted by Crippen LogP contribution is 2.46. The molecule has 0 saturated heterocycles. The van der Waals surface area contributed by atoms with Crippen molar-refractivity contribution in [3.8, 4) is 10.6 Å². The van der Waals surface area contributed by atoms with E-state index in [1.54, 1.807) is 0 Å². The van der Waals surface area contributed by atoms with Crippen LogP contribution in [0.15, 0.2) is 34.7 Å². The Kier molecular flexibility index (Phi) is 5.26. The normalized spacial score (nSPS) is 16.8. The summed E-state index contributed by atoms with van der Waals surface area (Å²) in [6, 6.07) is 5.45. The van der Waals surface area contributed by atoms with Gasteiger partial charge in [-0.2, -0.15) is 13.2 Å². The number of rotatable bonds is 5. The molecule has 1 saturated carbocycles. The summed E-state index contributed by atoms with van der Waals surface area (Å²) < 4.78 is 64.7. The Morgan fingerprint density at radius 3 is 2.45 bits per heavy atom. The van der Waals surface area contributed by atoms with Gasteiger partial charge in [0.05, 0.1) is 15.5 Å². The molecule has 3 heterocycles. The van der Waals surface area contributed by atoms with Gasteiger partial charge in [-0.15, -0.1) is 11.3 Å². The van der Waals surface area contributed by atoms with Crippen LogP contribution in [0.3, 0.4) is 0 Å². The Hall–Kier alpha value is -2.50. The molecule has 0 bridgehead atoms. The van der Waals surface area contributed by atoms with Crippen LogP contribution < -0.4 is 5.32 Å². The highest BCUT2D eigenvalue weighted by molar-refractivity contribution is 7.90. The van der Waals surface area contributed by atoms with E-state index in [4.69, 9.17) is 0 Å². The van der Waals surface area contributed by atoms with Crippen LogP contribution in [0, 0.1) is 0 Å². The van der Waals surface area contributed by atoms with Gasteiger partial charge < -0.3 is 5.32 Å². The monoisotopic (exact) mass is 494 g/mol. The van der Waals surface area contributed by atoms with Gasteiger partial charge in [0.1, 0.15) is 5.56 Å². The average Bonchev–Trinajstić information content (AvgIpc) is 3.29. The molecule has 2 aromatic heterocycles. The Labute approximate surface area is 193 Å². The molecule has 1 aromatic carbocycles. The van der Waals surface area contributed by atoms with Gasteiger partial charge >= 0.3 is 6.18 Å². The van der Waals surface area contributed by atoms with E-state index in [9.17, 15) is 21.6 Å². The van der Waals surface area contributed by atoms with E-state index in [-0.39, 0.29) is 21.4 Å². The summed E-state index contributed by atoms with van der Waals surface area (Å²) in [7, 11) is -1.51. The molecule has 174 valence electrons. The molecule has 1 aliphatic heterocycles. The number of sulfone groups is 1. The second-order valence-electron chi connectivity index (χ2n) is 8.65. The van der Waals surface area contributed by atoms with Crippen LogP contribution in [0.1, 0.15) is 41.0 Å². The highest BCUT2D eigenvalue weighted by atomic mass is 32.2. The first kappa shape index (κ1) is 22.3. The Morgan fingerprint density at radius 2 is 1.85 bits per heavy atom. The van der Waals surface area contributed by atoms with Gasteiger partial charge in [-0.25, -0.2) is 18.4 Å². The van der Waals surface area contributed by atoms with E-state index in [0.717, 1.165) is 61.0 Å². The number of nitrogens with zero attached hydrogens (tertiary/aromatic N) is 3. The molecular formula is C22H21F3N4O2S2. The van der Waals surface area contributed by atoms with Crippen molar-refractivity contribution in [2.45, 2.75) is 42.9 Å². The molecule has 0 radical (unpaired) electrons. The quantitative estimate of drug-likeness (QED) is 0.526. The fourth-order valence-electron chi connectivity index (χ4n) is 4.08. The third-order valence-corrected chi connectivity index (χ3v) is 8.03. The second kappa shape index (κ2) is 7.78. The maximum Gasteiger partial charge on any atom is 0.420 e. The number of hydrogen-bond acceptors (Lipinski definition) is 7. The number of thiophene rings is 1. The summed E-state index contributed by atoms with van der Waals surface area (Å²) in [5, 5.41) is 4.46. The summed E-state index contributed by atoms with van der Waals surface area (Å²) in [5.41, 5.74) is 3.03. The lowest BCUT2D eigenvalue weighted by molar-refractivity contribution is -0.137. The summed E-state index contributed by atoms with van der Waals surface area (Å²) in [5.74, 6) is 0.466. The van der Waals surface area contributed by atoms with E-state index in [2.05, 4.69) is 26.3 Å². The van der Waals surface area contributed by atoms with Crippen molar-refractivity contribution in [3.63, 3.8) is 0 Å². The van der Waals surface area contributed by atoms with Crippen LogP contribution in [0.5, 0.6) is 0 Å². The summed E-state index contributed by atoms with van der Waals surface area (Å²) >= 11 is 0.907. The van der Waals surface area contributed by atoms with Crippen LogP contribution in [-0.4, -0.2) is 36.6 Å². The molecule has 1 fully saturated rings. The predicted molar refractivity (Wildman–Crippen MR) is 120 cm³/mol. The smallest absolute Gasteiger partial charge is 0.324 e. The van der Waals surface area contributed by atoms with Crippen LogP contribution >= 0.6 is 11.3 Å². The Bertz CT molecular complexity index is 1350. The largest absolute Gasteiger partial charge is 0.420 e. The van der Waals surface area contributed by atoms with Crippen LogP contribution in [-0.2, 0) is 29.1 Å². The van der Waals surface area contributed by atoms with Crippen molar-refractivity contribution in [3.05, 3.63) is 52.0 Å². The maximum absolute atomic E-state index is 13.7. The highest BCUT2D eigenvalue weighted by Gasteiger charge is 2.36. The third kappa shape index (κ3) is 4.49. The van der Waals surface area contributed by atoms with Gasteiger partial charge in [-0.1, -0.05) is 6.07 Å². The minimum Gasteiger partial charge on any atom is -0.324 e. The summed E-state index contributed by atoms with van der Waals surface area (Å²) in [4.78, 5) is 10.4. The van der Waals surface area contributed by atoms with Crippen molar-refractivity contribution < 1.29 is 21.6 Å². The molecule has 0 spiro atoms. The number of fused-ring (bicyclic) bond motifs is 1. The topological polar surface area (TPSA) is 75.2 Å². The Morgan fingerprint density at radius 1 is 1.15 bits per heavy atom. The number of alkyl halides is 3. The first-order valence-electron chi connectivity index (χ1n) is 10.3. The molecule has 6 nitrogen and oxygen atoms in total. The van der Waals surface area contributed by atoms with E-state index in [1.807, 2.05) is 13.1 Å². The number of nitrogens with one attached hydrogen (secondary N) is 1. The number of benzene rings is 1. The standard InChI is InChI=1S/C22H21F3N4O2S2/c1-29-9-13-5-16(12-3-4-12)18(6-14(13)10-29)27-21-26-8-17(22(23,24)25)20(28-21)19-7-15(11-32-19)33(2,30)31/h5-8,11-12H,3-4,9-10H2,1-2H3,(H,26,27,28). The van der Waals surface area contributed by atoms with Gasteiger partial charge in [-0.05, 0) is 54.6 Å². The van der Waals surface area contributed by atoms with Gasteiger partial charge in [0.15, 0.2) is 9.84 Å². The molecule has 1 aliphatic carbocycles. The fourth-order valence-corrected chi connectivity index (χ4v) is 6.10. The molecule has 0 unspecified atom stereocenters. The lowest BCUT2D eigenvalue weighted by Gasteiger charge is -2.15. The lowest BCUT2D eigenvalue weighted by Crippen LogP contribution is -2.11. The SMILES string of the molecule is CN1Cc2cc(Nc3ncc(C(F)(F)F)c(-c4cc(S(C)(=O)=O)cs4)n3)c(C3CC3)cc2C1. The first-order chi connectivity index (χ1) is 15.5. The predicted octanol–water partition coefficient (Wildman–Crippen LogP) is 5.19. The van der Waals surface area contributed by atoms with Crippen molar-refractivity contribution in [2.24, 2.45) is 0 Å². The second-order valence-corrected chi connectivity index (χ2v) is 11.6. The molecule has 0 atom stereocenters. The third-order valence-electron chi connectivity index (χ3n) is 5.85. The molecule has 1 N–H and O–H groups in total. The van der Waals surface area contributed by atoms with Crippen molar-refractivity contribution >= 4 is 32.8 Å². The molecule has 11 heteroatoms. The van der Waals surface area contributed by atoms with Gasteiger partial charge in [-0.3, -0.25) is 4.90 Å². The molecule has 2 aliphatic rings. The summed E-state index contributed by atoms with van der Waals surface area (Å²) in [6.07, 6.45) is -0.762. The van der Waals surface area contributed by atoms with E-state index < -0.39 is 21.6 Å². The van der Waals surface area contributed by atoms with E-state index in [1.165, 1.54) is 22.6 Å². The molecule has 0 amide bonds. The zero-order valence-electron chi connectivity index (χ0n) is 17.9. The van der Waals surface area contributed by atoms with Gasteiger partial charge in [0.2, 0.25) is 5.95 Å². The van der Waals surface area contributed by atoms with E-state index >= 15 is 0 Å². The zero-order chi connectivity index (χ0) is 23.5.